The second kappa shape index (κ2) is 11.6. The lowest BCUT2D eigenvalue weighted by Crippen LogP contribution is -2.38. The van der Waals surface area contributed by atoms with Crippen molar-refractivity contribution in [2.24, 2.45) is 4.99 Å². The highest BCUT2D eigenvalue weighted by Gasteiger charge is 2.09. The van der Waals surface area contributed by atoms with E-state index in [1.807, 2.05) is 48.0 Å². The summed E-state index contributed by atoms with van der Waals surface area (Å²) >= 11 is 0. The van der Waals surface area contributed by atoms with Crippen molar-refractivity contribution in [3.05, 3.63) is 71.9 Å². The van der Waals surface area contributed by atoms with Crippen LogP contribution in [0.5, 0.6) is 5.75 Å². The van der Waals surface area contributed by atoms with Gasteiger partial charge in [-0.05, 0) is 36.2 Å². The molecule has 0 bridgehead atoms. The Morgan fingerprint density at radius 3 is 2.42 bits per heavy atom. The van der Waals surface area contributed by atoms with Crippen molar-refractivity contribution < 1.29 is 13.5 Å². The van der Waals surface area contributed by atoms with Crippen LogP contribution in [0, 0.1) is 6.92 Å². The minimum absolute atomic E-state index is 0. The number of aromatic nitrogens is 3. The molecule has 10 heteroatoms. The standard InChI is InChI=1S/C21H24F2N6O.HI/c1-15-25-10-11-29(15)19-9-6-17(12-26-19)13-27-21(24-2)28(3)14-16-4-7-18(8-5-16)30-20(22)23;/h4-12,20H,13-14H2,1-3H3,(H,24,27);1H. The number of nitrogens with one attached hydrogen (secondary N) is 1. The summed E-state index contributed by atoms with van der Waals surface area (Å²) in [6.07, 6.45) is 5.43. The molecule has 0 atom stereocenters. The second-order valence-electron chi connectivity index (χ2n) is 6.65. The quantitative estimate of drug-likeness (QED) is 0.278. The summed E-state index contributed by atoms with van der Waals surface area (Å²) in [5.41, 5.74) is 1.96. The molecule has 2 aromatic heterocycles. The maximum absolute atomic E-state index is 12.3. The molecule has 3 rings (SSSR count). The Hall–Kier alpha value is -2.76. The van der Waals surface area contributed by atoms with Crippen molar-refractivity contribution in [2.45, 2.75) is 26.6 Å². The van der Waals surface area contributed by atoms with Gasteiger partial charge in [0.25, 0.3) is 0 Å². The number of hydrogen-bond donors (Lipinski definition) is 1. The molecule has 0 unspecified atom stereocenters. The van der Waals surface area contributed by atoms with E-state index < -0.39 is 6.61 Å². The molecule has 31 heavy (non-hydrogen) atoms. The van der Waals surface area contributed by atoms with E-state index in [4.69, 9.17) is 0 Å². The normalized spacial score (nSPS) is 11.2. The lowest BCUT2D eigenvalue weighted by Gasteiger charge is -2.22. The molecule has 0 aliphatic carbocycles. The molecule has 1 aromatic carbocycles. The van der Waals surface area contributed by atoms with Gasteiger partial charge >= 0.3 is 6.61 Å². The molecule has 2 heterocycles. The van der Waals surface area contributed by atoms with Crippen LogP contribution in [0.1, 0.15) is 17.0 Å². The zero-order valence-corrected chi connectivity index (χ0v) is 19.8. The molecule has 0 aliphatic rings. The maximum atomic E-state index is 12.3. The number of aliphatic imine (C=N–C) groups is 1. The average Bonchev–Trinajstić information content (AvgIpc) is 3.16. The molecule has 0 spiro atoms. The number of rotatable bonds is 7. The Kier molecular flexibility index (Phi) is 9.16. The molecule has 7 nitrogen and oxygen atoms in total. The average molecular weight is 542 g/mol. The first-order chi connectivity index (χ1) is 14.5. The highest BCUT2D eigenvalue weighted by molar-refractivity contribution is 14.0. The Balaban J connectivity index is 0.00000341. The Morgan fingerprint density at radius 1 is 1.16 bits per heavy atom. The number of nitrogens with zero attached hydrogens (tertiary/aromatic N) is 5. The van der Waals surface area contributed by atoms with Crippen LogP contribution in [-0.4, -0.2) is 46.1 Å². The van der Waals surface area contributed by atoms with Crippen LogP contribution in [0.4, 0.5) is 8.78 Å². The summed E-state index contributed by atoms with van der Waals surface area (Å²) in [5.74, 6) is 2.54. The summed E-state index contributed by atoms with van der Waals surface area (Å²) in [4.78, 5) is 14.9. The summed E-state index contributed by atoms with van der Waals surface area (Å²) in [6.45, 7) is 0.227. The van der Waals surface area contributed by atoms with Gasteiger partial charge in [-0.1, -0.05) is 18.2 Å². The molecule has 3 aromatic rings. The third-order valence-electron chi connectivity index (χ3n) is 4.47. The molecule has 0 fully saturated rings. The third kappa shape index (κ3) is 6.88. The van der Waals surface area contributed by atoms with E-state index in [1.165, 1.54) is 12.1 Å². The first-order valence-electron chi connectivity index (χ1n) is 9.37. The molecule has 0 aliphatic heterocycles. The monoisotopic (exact) mass is 542 g/mol. The van der Waals surface area contributed by atoms with E-state index in [1.54, 1.807) is 25.4 Å². The topological polar surface area (TPSA) is 67.6 Å². The van der Waals surface area contributed by atoms with Crippen LogP contribution in [0.3, 0.4) is 0 Å². The van der Waals surface area contributed by atoms with Crippen LogP contribution in [-0.2, 0) is 13.1 Å². The fourth-order valence-corrected chi connectivity index (χ4v) is 2.97. The van der Waals surface area contributed by atoms with Crippen molar-refractivity contribution >= 4 is 29.9 Å². The summed E-state index contributed by atoms with van der Waals surface area (Å²) < 4.78 is 30.8. The first-order valence-corrected chi connectivity index (χ1v) is 9.37. The van der Waals surface area contributed by atoms with Crippen molar-refractivity contribution in [1.29, 1.82) is 0 Å². The van der Waals surface area contributed by atoms with Gasteiger partial charge < -0.3 is 15.0 Å². The van der Waals surface area contributed by atoms with E-state index in [2.05, 4.69) is 25.0 Å². The van der Waals surface area contributed by atoms with E-state index >= 15 is 0 Å². The van der Waals surface area contributed by atoms with Crippen molar-refractivity contribution in [2.75, 3.05) is 14.1 Å². The largest absolute Gasteiger partial charge is 0.435 e. The SMILES string of the molecule is CN=C(NCc1ccc(-n2ccnc2C)nc1)N(C)Cc1ccc(OC(F)F)cc1.I. The van der Waals surface area contributed by atoms with E-state index in [9.17, 15) is 8.78 Å². The maximum Gasteiger partial charge on any atom is 0.387 e. The zero-order valence-electron chi connectivity index (χ0n) is 17.5. The predicted molar refractivity (Wildman–Crippen MR) is 126 cm³/mol. The highest BCUT2D eigenvalue weighted by atomic mass is 127. The number of pyridine rings is 1. The third-order valence-corrected chi connectivity index (χ3v) is 4.47. The van der Waals surface area contributed by atoms with Crippen LogP contribution in [0.25, 0.3) is 5.82 Å². The second-order valence-corrected chi connectivity index (χ2v) is 6.65. The van der Waals surface area contributed by atoms with E-state index in [0.717, 1.165) is 22.8 Å². The number of ether oxygens (including phenoxy) is 1. The van der Waals surface area contributed by atoms with Crippen molar-refractivity contribution in [3.8, 4) is 11.6 Å². The summed E-state index contributed by atoms with van der Waals surface area (Å²) in [6, 6.07) is 10.5. The van der Waals surface area contributed by atoms with Crippen LogP contribution in [0.2, 0.25) is 0 Å². The summed E-state index contributed by atoms with van der Waals surface area (Å²) in [7, 11) is 3.61. The lowest BCUT2D eigenvalue weighted by atomic mass is 10.2. The first kappa shape index (κ1) is 24.5. The molecule has 1 N–H and O–H groups in total. The minimum Gasteiger partial charge on any atom is -0.435 e. The number of aryl methyl sites for hydroxylation is 1. The van der Waals surface area contributed by atoms with Gasteiger partial charge in [-0.3, -0.25) is 9.56 Å². The van der Waals surface area contributed by atoms with Gasteiger partial charge in [0, 0.05) is 45.8 Å². The van der Waals surface area contributed by atoms with Crippen LogP contribution in [0.15, 0.2) is 60.0 Å². The van der Waals surface area contributed by atoms with Gasteiger partial charge in [0.15, 0.2) is 5.96 Å². The smallest absolute Gasteiger partial charge is 0.387 e. The molecule has 0 amide bonds. The predicted octanol–water partition coefficient (Wildman–Crippen LogP) is 4.00. The zero-order chi connectivity index (χ0) is 21.5. The molecule has 0 saturated heterocycles. The Labute approximate surface area is 197 Å². The van der Waals surface area contributed by atoms with Crippen LogP contribution >= 0.6 is 24.0 Å². The fourth-order valence-electron chi connectivity index (χ4n) is 2.97. The molecule has 166 valence electrons. The van der Waals surface area contributed by atoms with Gasteiger partial charge in [-0.15, -0.1) is 24.0 Å². The molecule has 0 radical (unpaired) electrons. The van der Waals surface area contributed by atoms with Gasteiger partial charge in [0.1, 0.15) is 17.4 Å². The molecular formula is C21H25F2IN6O. The van der Waals surface area contributed by atoms with E-state index in [-0.39, 0.29) is 29.7 Å². The number of alkyl halides is 2. The molecule has 0 saturated carbocycles. The highest BCUT2D eigenvalue weighted by Crippen LogP contribution is 2.16. The Bertz CT molecular complexity index is 976. The van der Waals surface area contributed by atoms with E-state index in [0.29, 0.717) is 19.0 Å². The van der Waals surface area contributed by atoms with Crippen LogP contribution < -0.4 is 10.1 Å². The number of benzene rings is 1. The van der Waals surface area contributed by atoms with Gasteiger partial charge in [0.05, 0.1) is 0 Å². The number of guanidine groups is 1. The van der Waals surface area contributed by atoms with Gasteiger partial charge in [-0.2, -0.15) is 8.78 Å². The number of halogens is 3. The fraction of sp³-hybridized carbons (Fsp3) is 0.286. The van der Waals surface area contributed by atoms with Gasteiger partial charge in [0.2, 0.25) is 0 Å². The minimum atomic E-state index is -2.82. The summed E-state index contributed by atoms with van der Waals surface area (Å²) in [5, 5.41) is 3.30. The molecular weight excluding hydrogens is 517 g/mol. The Morgan fingerprint density at radius 2 is 1.87 bits per heavy atom. The van der Waals surface area contributed by atoms with Gasteiger partial charge in [-0.25, -0.2) is 9.97 Å². The van der Waals surface area contributed by atoms with Crippen molar-refractivity contribution in [1.82, 2.24) is 24.8 Å². The number of hydrogen-bond acceptors (Lipinski definition) is 4. The lowest BCUT2D eigenvalue weighted by molar-refractivity contribution is -0.0498. The number of imidazole rings is 1. The van der Waals surface area contributed by atoms with Crippen molar-refractivity contribution in [3.63, 3.8) is 0 Å².